The molecule has 44 heavy (non-hydrogen) atoms. The highest BCUT2D eigenvalue weighted by Crippen LogP contribution is 2.46. The van der Waals surface area contributed by atoms with E-state index in [4.69, 9.17) is 6.57 Å². The summed E-state index contributed by atoms with van der Waals surface area (Å²) in [6, 6.07) is 54.3. The van der Waals surface area contributed by atoms with Crippen LogP contribution in [0.15, 0.2) is 164 Å². The van der Waals surface area contributed by atoms with E-state index in [1.165, 1.54) is 6.07 Å². The Kier molecular flexibility index (Phi) is 7.16. The van der Waals surface area contributed by atoms with Gasteiger partial charge in [0.25, 0.3) is 0 Å². The van der Waals surface area contributed by atoms with Crippen molar-refractivity contribution < 1.29 is 4.39 Å². The Balaban J connectivity index is 1.55. The number of rotatable bonds is 6. The van der Waals surface area contributed by atoms with Crippen molar-refractivity contribution in [2.75, 3.05) is 4.90 Å². The number of anilines is 3. The average Bonchev–Trinajstić information content (AvgIpc) is 3.09. The van der Waals surface area contributed by atoms with Gasteiger partial charge in [0.1, 0.15) is 5.82 Å². The van der Waals surface area contributed by atoms with E-state index in [0.717, 1.165) is 61.2 Å². The van der Waals surface area contributed by atoms with Gasteiger partial charge in [0, 0.05) is 16.6 Å². The van der Waals surface area contributed by atoms with Gasteiger partial charge in [-0.25, -0.2) is 9.24 Å². The van der Waals surface area contributed by atoms with Crippen LogP contribution in [0.4, 0.5) is 27.1 Å². The molecule has 7 aromatic rings. The number of hydrogen-bond donors (Lipinski definition) is 0. The van der Waals surface area contributed by atoms with E-state index >= 15 is 0 Å². The van der Waals surface area contributed by atoms with Gasteiger partial charge in [-0.2, -0.15) is 0 Å². The second kappa shape index (κ2) is 11.7. The summed E-state index contributed by atoms with van der Waals surface area (Å²) in [6.07, 6.45) is 0. The molecule has 7 rings (SSSR count). The van der Waals surface area contributed by atoms with Crippen molar-refractivity contribution in [3.05, 3.63) is 181 Å². The third kappa shape index (κ3) is 5.11. The summed E-state index contributed by atoms with van der Waals surface area (Å²) in [7, 11) is 0. The highest BCUT2D eigenvalue weighted by Gasteiger charge is 2.21. The molecule has 2 nitrogen and oxygen atoms in total. The summed E-state index contributed by atoms with van der Waals surface area (Å²) in [5.74, 6) is -0.282. The molecule has 0 unspecified atom stereocenters. The maximum absolute atomic E-state index is 14.5. The first kappa shape index (κ1) is 26.9. The first-order valence-corrected chi connectivity index (χ1v) is 14.5. The van der Waals surface area contributed by atoms with E-state index in [-0.39, 0.29) is 5.82 Å². The fraction of sp³-hybridized carbons (Fsp3) is 0. The van der Waals surface area contributed by atoms with Crippen LogP contribution in [0.1, 0.15) is 0 Å². The van der Waals surface area contributed by atoms with Gasteiger partial charge in [0.15, 0.2) is 5.69 Å². The van der Waals surface area contributed by atoms with Crippen molar-refractivity contribution in [3.63, 3.8) is 0 Å². The summed E-state index contributed by atoms with van der Waals surface area (Å²) in [4.78, 5) is 5.84. The minimum absolute atomic E-state index is 0.282. The van der Waals surface area contributed by atoms with Crippen LogP contribution >= 0.6 is 0 Å². The maximum atomic E-state index is 14.5. The number of nitrogens with zero attached hydrogens (tertiary/aromatic N) is 2. The molecule has 3 heteroatoms. The monoisotopic (exact) mass is 566 g/mol. The Morgan fingerprint density at radius 3 is 1.82 bits per heavy atom. The van der Waals surface area contributed by atoms with Gasteiger partial charge < -0.3 is 4.90 Å². The maximum Gasteiger partial charge on any atom is 0.187 e. The predicted molar refractivity (Wildman–Crippen MR) is 181 cm³/mol. The van der Waals surface area contributed by atoms with Crippen LogP contribution in [0, 0.1) is 12.4 Å². The standard InChI is InChI=1S/C41H27FN2/c1-43-34-22-24-35(25-23-34)44(40-20-9-8-18-36(40)31-16-10-17-33(42)26-31)41-21-11-19-37-38(30-14-6-3-7-15-30)27-32(28-39(37)41)29-12-4-2-5-13-29/h2-28H. The normalized spacial score (nSPS) is 10.8. The first-order valence-electron chi connectivity index (χ1n) is 14.5. The fourth-order valence-electron chi connectivity index (χ4n) is 5.87. The predicted octanol–water partition coefficient (Wildman–Crippen LogP) is 12.0. The molecule has 0 radical (unpaired) electrons. The largest absolute Gasteiger partial charge is 0.309 e. The fourth-order valence-corrected chi connectivity index (χ4v) is 5.87. The van der Waals surface area contributed by atoms with Gasteiger partial charge in [0.2, 0.25) is 0 Å². The van der Waals surface area contributed by atoms with Gasteiger partial charge in [-0.15, -0.1) is 0 Å². The molecule has 0 saturated heterocycles. The van der Waals surface area contributed by atoms with Crippen LogP contribution in [-0.2, 0) is 0 Å². The Bertz CT molecular complexity index is 2130. The summed E-state index contributed by atoms with van der Waals surface area (Å²) in [5, 5.41) is 2.20. The average molecular weight is 567 g/mol. The molecule has 0 aliphatic rings. The molecule has 0 aromatic heterocycles. The van der Waals surface area contributed by atoms with Crippen LogP contribution in [0.3, 0.4) is 0 Å². The molecular weight excluding hydrogens is 539 g/mol. The summed E-state index contributed by atoms with van der Waals surface area (Å²) in [5.41, 5.74) is 9.60. The molecule has 0 spiro atoms. The molecule has 0 aliphatic carbocycles. The van der Waals surface area contributed by atoms with Crippen LogP contribution in [0.5, 0.6) is 0 Å². The van der Waals surface area contributed by atoms with E-state index in [0.29, 0.717) is 5.69 Å². The number of benzene rings is 7. The molecule has 0 heterocycles. The van der Waals surface area contributed by atoms with Crippen LogP contribution in [0.2, 0.25) is 0 Å². The van der Waals surface area contributed by atoms with Gasteiger partial charge in [-0.05, 0) is 81.7 Å². The zero-order chi connectivity index (χ0) is 29.9. The lowest BCUT2D eigenvalue weighted by atomic mass is 9.91. The lowest BCUT2D eigenvalue weighted by Crippen LogP contribution is -2.11. The quantitative estimate of drug-likeness (QED) is 0.182. The van der Waals surface area contributed by atoms with Crippen molar-refractivity contribution >= 4 is 33.5 Å². The zero-order valence-corrected chi connectivity index (χ0v) is 23.9. The number of para-hydroxylation sites is 1. The van der Waals surface area contributed by atoms with Crippen molar-refractivity contribution in [2.24, 2.45) is 0 Å². The van der Waals surface area contributed by atoms with Crippen molar-refractivity contribution in [3.8, 4) is 33.4 Å². The molecular formula is C41H27FN2. The van der Waals surface area contributed by atoms with Gasteiger partial charge >= 0.3 is 0 Å². The Labute approximate surface area is 256 Å². The van der Waals surface area contributed by atoms with Crippen LogP contribution in [0.25, 0.3) is 49.0 Å². The Morgan fingerprint density at radius 2 is 1.09 bits per heavy atom. The van der Waals surface area contributed by atoms with E-state index < -0.39 is 0 Å². The minimum atomic E-state index is -0.282. The SMILES string of the molecule is [C-]#[N+]c1ccc(N(c2ccccc2-c2cccc(F)c2)c2cccc3c(-c4ccccc4)cc(-c4ccccc4)cc23)cc1. The molecule has 0 bridgehead atoms. The third-order valence-electron chi connectivity index (χ3n) is 7.92. The Hall–Kier alpha value is -5.98. The van der Waals surface area contributed by atoms with Crippen molar-refractivity contribution in [2.45, 2.75) is 0 Å². The van der Waals surface area contributed by atoms with Crippen LogP contribution < -0.4 is 4.90 Å². The van der Waals surface area contributed by atoms with E-state index in [1.54, 1.807) is 12.1 Å². The molecule has 0 saturated carbocycles. The zero-order valence-electron chi connectivity index (χ0n) is 23.9. The van der Waals surface area contributed by atoms with E-state index in [9.17, 15) is 4.39 Å². The molecule has 0 atom stereocenters. The molecule has 0 fully saturated rings. The van der Waals surface area contributed by atoms with Crippen molar-refractivity contribution in [1.29, 1.82) is 0 Å². The van der Waals surface area contributed by atoms with Crippen LogP contribution in [-0.4, -0.2) is 0 Å². The van der Waals surface area contributed by atoms with Gasteiger partial charge in [-0.3, -0.25) is 0 Å². The molecule has 208 valence electrons. The molecule has 0 N–H and O–H groups in total. The second-order valence-electron chi connectivity index (χ2n) is 10.6. The van der Waals surface area contributed by atoms with Gasteiger partial charge in [0.05, 0.1) is 17.9 Å². The van der Waals surface area contributed by atoms with Crippen molar-refractivity contribution in [1.82, 2.24) is 0 Å². The first-order chi connectivity index (χ1) is 21.7. The highest BCUT2D eigenvalue weighted by atomic mass is 19.1. The smallest absolute Gasteiger partial charge is 0.187 e. The molecule has 0 aliphatic heterocycles. The highest BCUT2D eigenvalue weighted by molar-refractivity contribution is 6.08. The number of fused-ring (bicyclic) bond motifs is 1. The Morgan fingerprint density at radius 1 is 0.455 bits per heavy atom. The molecule has 7 aromatic carbocycles. The topological polar surface area (TPSA) is 7.60 Å². The number of hydrogen-bond acceptors (Lipinski definition) is 1. The summed E-state index contributed by atoms with van der Waals surface area (Å²) >= 11 is 0. The van der Waals surface area contributed by atoms with E-state index in [1.807, 2.05) is 60.7 Å². The lowest BCUT2D eigenvalue weighted by molar-refractivity contribution is 0.628. The third-order valence-corrected chi connectivity index (χ3v) is 7.92. The van der Waals surface area contributed by atoms with Gasteiger partial charge in [-0.1, -0.05) is 115 Å². The summed E-state index contributed by atoms with van der Waals surface area (Å²) < 4.78 is 14.5. The number of halogens is 1. The minimum Gasteiger partial charge on any atom is -0.309 e. The van der Waals surface area contributed by atoms with E-state index in [2.05, 4.69) is 94.7 Å². The lowest BCUT2D eigenvalue weighted by Gasteiger charge is -2.29. The second-order valence-corrected chi connectivity index (χ2v) is 10.6. The summed E-state index contributed by atoms with van der Waals surface area (Å²) in [6.45, 7) is 7.51. The molecule has 0 amide bonds.